The molecule has 3 rings (SSSR count). The van der Waals surface area contributed by atoms with Gasteiger partial charge in [0.2, 0.25) is 0 Å². The van der Waals surface area contributed by atoms with Gasteiger partial charge in [-0.25, -0.2) is 9.13 Å². The van der Waals surface area contributed by atoms with Crippen molar-refractivity contribution in [2.45, 2.75) is 27.3 Å². The Kier molecular flexibility index (Phi) is 5.31. The second-order valence-corrected chi connectivity index (χ2v) is 6.74. The molecule has 140 valence electrons. The van der Waals surface area contributed by atoms with Crippen LogP contribution in [0.15, 0.2) is 48.7 Å². The molecular formula is C22H26N3O2+. The Labute approximate surface area is 160 Å². The molecule has 5 nitrogen and oxygen atoms in total. The minimum Gasteiger partial charge on any atom is -0.494 e. The van der Waals surface area contributed by atoms with Crippen LogP contribution >= 0.6 is 0 Å². The summed E-state index contributed by atoms with van der Waals surface area (Å²) >= 11 is 0. The minimum atomic E-state index is 0.00647. The SMILES string of the molecule is CCOc1ccc(C(=O)C[n+]2cc(-c3ccc(C)c(C)c3)n(C)c2N)cc1. The van der Waals surface area contributed by atoms with E-state index >= 15 is 0 Å². The number of hydrogen-bond donors (Lipinski definition) is 1. The number of aromatic nitrogens is 2. The number of imidazole rings is 1. The van der Waals surface area contributed by atoms with Crippen molar-refractivity contribution in [1.29, 1.82) is 0 Å². The summed E-state index contributed by atoms with van der Waals surface area (Å²) in [6.07, 6.45) is 1.94. The number of ketones is 1. The van der Waals surface area contributed by atoms with Gasteiger partial charge in [0.05, 0.1) is 13.7 Å². The van der Waals surface area contributed by atoms with Crippen molar-refractivity contribution in [3.8, 4) is 17.0 Å². The topological polar surface area (TPSA) is 61.1 Å². The number of nitrogens with zero attached hydrogens (tertiary/aromatic N) is 2. The molecule has 0 saturated heterocycles. The lowest BCUT2D eigenvalue weighted by atomic mass is 10.0. The number of carbonyl (C=O) groups excluding carboxylic acids is 1. The van der Waals surface area contributed by atoms with Gasteiger partial charge in [-0.1, -0.05) is 12.1 Å². The zero-order chi connectivity index (χ0) is 19.6. The van der Waals surface area contributed by atoms with Crippen LogP contribution in [0.1, 0.15) is 28.4 Å². The molecule has 0 saturated carbocycles. The summed E-state index contributed by atoms with van der Waals surface area (Å²) in [5.74, 6) is 1.31. The Hall–Kier alpha value is -3.08. The molecular weight excluding hydrogens is 338 g/mol. The van der Waals surface area contributed by atoms with E-state index in [1.54, 1.807) is 16.7 Å². The third-order valence-corrected chi connectivity index (χ3v) is 4.88. The first-order chi connectivity index (χ1) is 12.9. The summed E-state index contributed by atoms with van der Waals surface area (Å²) in [5, 5.41) is 0. The summed E-state index contributed by atoms with van der Waals surface area (Å²) in [5.41, 5.74) is 11.4. The zero-order valence-corrected chi connectivity index (χ0v) is 16.3. The highest BCUT2D eigenvalue weighted by Crippen LogP contribution is 2.23. The molecule has 0 aliphatic rings. The molecule has 0 atom stereocenters. The van der Waals surface area contributed by atoms with Crippen LogP contribution in [0.25, 0.3) is 11.3 Å². The van der Waals surface area contributed by atoms with Crippen LogP contribution in [0.5, 0.6) is 5.75 Å². The Bertz CT molecular complexity index is 972. The molecule has 2 N–H and O–H groups in total. The van der Waals surface area contributed by atoms with E-state index in [0.717, 1.165) is 17.0 Å². The lowest BCUT2D eigenvalue weighted by Gasteiger charge is -2.04. The quantitative estimate of drug-likeness (QED) is 0.538. The van der Waals surface area contributed by atoms with Crippen molar-refractivity contribution >= 4 is 11.7 Å². The summed E-state index contributed by atoms with van der Waals surface area (Å²) in [6, 6.07) is 13.5. The van der Waals surface area contributed by atoms with E-state index in [1.165, 1.54) is 11.1 Å². The summed E-state index contributed by atoms with van der Waals surface area (Å²) in [4.78, 5) is 12.7. The fourth-order valence-electron chi connectivity index (χ4n) is 3.06. The van der Waals surface area contributed by atoms with E-state index in [4.69, 9.17) is 10.5 Å². The van der Waals surface area contributed by atoms with Gasteiger partial charge < -0.3 is 4.74 Å². The first kappa shape index (κ1) is 18.7. The second-order valence-electron chi connectivity index (χ2n) is 6.74. The van der Waals surface area contributed by atoms with Gasteiger partial charge in [0.1, 0.15) is 24.2 Å². The Morgan fingerprint density at radius 3 is 2.44 bits per heavy atom. The molecule has 0 amide bonds. The van der Waals surface area contributed by atoms with E-state index in [0.29, 0.717) is 18.1 Å². The fraction of sp³-hybridized carbons (Fsp3) is 0.273. The molecule has 0 radical (unpaired) electrons. The fourth-order valence-corrected chi connectivity index (χ4v) is 3.06. The largest absolute Gasteiger partial charge is 0.494 e. The lowest BCUT2D eigenvalue weighted by Crippen LogP contribution is -2.39. The van der Waals surface area contributed by atoms with Crippen LogP contribution in [-0.4, -0.2) is 17.0 Å². The van der Waals surface area contributed by atoms with Crippen LogP contribution in [0.2, 0.25) is 0 Å². The van der Waals surface area contributed by atoms with Crippen LogP contribution in [-0.2, 0) is 13.6 Å². The van der Waals surface area contributed by atoms with E-state index in [9.17, 15) is 4.79 Å². The highest BCUT2D eigenvalue weighted by atomic mass is 16.5. The molecule has 1 heterocycles. The average Bonchev–Trinajstić information content (AvgIpc) is 2.93. The van der Waals surface area contributed by atoms with E-state index in [-0.39, 0.29) is 12.3 Å². The molecule has 0 fully saturated rings. The lowest BCUT2D eigenvalue weighted by molar-refractivity contribution is -0.667. The molecule has 3 aromatic rings. The maximum atomic E-state index is 12.7. The van der Waals surface area contributed by atoms with E-state index < -0.39 is 0 Å². The number of nitrogen functional groups attached to an aromatic ring is 1. The summed E-state index contributed by atoms with van der Waals surface area (Å²) < 4.78 is 9.13. The molecule has 0 unspecified atom stereocenters. The number of benzene rings is 2. The predicted molar refractivity (Wildman–Crippen MR) is 107 cm³/mol. The monoisotopic (exact) mass is 364 g/mol. The summed E-state index contributed by atoms with van der Waals surface area (Å²) in [7, 11) is 1.91. The maximum Gasteiger partial charge on any atom is 0.355 e. The van der Waals surface area contributed by atoms with Crippen LogP contribution in [0.4, 0.5) is 5.95 Å². The number of hydrogen-bond acceptors (Lipinski definition) is 3. The van der Waals surface area contributed by atoms with Gasteiger partial charge >= 0.3 is 5.95 Å². The molecule has 0 bridgehead atoms. The third kappa shape index (κ3) is 3.87. The van der Waals surface area contributed by atoms with Crippen molar-refractivity contribution in [3.05, 3.63) is 65.4 Å². The molecule has 5 heteroatoms. The smallest absolute Gasteiger partial charge is 0.355 e. The number of aryl methyl sites for hydroxylation is 2. The van der Waals surface area contributed by atoms with Crippen molar-refractivity contribution in [3.63, 3.8) is 0 Å². The molecule has 27 heavy (non-hydrogen) atoms. The predicted octanol–water partition coefficient (Wildman–Crippen LogP) is 3.46. The number of anilines is 1. The standard InChI is InChI=1S/C22H25N3O2/c1-5-27-19-10-8-17(9-11-19)21(26)14-25-13-20(24(4)22(25)23)18-7-6-15(2)16(3)12-18/h6-13,23H,5,14H2,1-4H3/p+1. The van der Waals surface area contributed by atoms with Gasteiger partial charge in [-0.05, 0) is 62.2 Å². The van der Waals surface area contributed by atoms with Gasteiger partial charge in [-0.2, -0.15) is 0 Å². The van der Waals surface area contributed by atoms with Crippen molar-refractivity contribution in [1.82, 2.24) is 4.57 Å². The number of nitrogens with two attached hydrogens (primary N) is 1. The van der Waals surface area contributed by atoms with Crippen LogP contribution in [0.3, 0.4) is 0 Å². The Morgan fingerprint density at radius 2 is 1.81 bits per heavy atom. The minimum absolute atomic E-state index is 0.00647. The highest BCUT2D eigenvalue weighted by molar-refractivity contribution is 5.95. The van der Waals surface area contributed by atoms with Gasteiger partial charge in [-0.15, -0.1) is 0 Å². The van der Waals surface area contributed by atoms with Crippen molar-refractivity contribution < 1.29 is 14.1 Å². The zero-order valence-electron chi connectivity index (χ0n) is 16.3. The normalized spacial score (nSPS) is 10.8. The maximum absolute atomic E-state index is 12.7. The number of carbonyl (C=O) groups is 1. The first-order valence-electron chi connectivity index (χ1n) is 9.09. The molecule has 2 aromatic carbocycles. The van der Waals surface area contributed by atoms with Crippen molar-refractivity contribution in [2.75, 3.05) is 12.3 Å². The van der Waals surface area contributed by atoms with E-state index in [2.05, 4.69) is 32.0 Å². The Balaban J connectivity index is 1.85. The van der Waals surface area contributed by atoms with Crippen LogP contribution < -0.4 is 15.0 Å². The Morgan fingerprint density at radius 1 is 1.11 bits per heavy atom. The van der Waals surface area contributed by atoms with Crippen LogP contribution in [0, 0.1) is 13.8 Å². The van der Waals surface area contributed by atoms with Gasteiger partial charge in [0, 0.05) is 11.1 Å². The molecule has 0 spiro atoms. The third-order valence-electron chi connectivity index (χ3n) is 4.88. The first-order valence-corrected chi connectivity index (χ1v) is 9.09. The number of ether oxygens (including phenoxy) is 1. The summed E-state index contributed by atoms with van der Waals surface area (Å²) in [6.45, 7) is 6.91. The van der Waals surface area contributed by atoms with Gasteiger partial charge in [0.15, 0.2) is 5.78 Å². The molecule has 0 aliphatic heterocycles. The number of Topliss-reactive ketones (excluding diaryl/α,β-unsaturated/α-hetero) is 1. The average molecular weight is 364 g/mol. The number of rotatable bonds is 6. The van der Waals surface area contributed by atoms with Gasteiger partial charge in [0.25, 0.3) is 0 Å². The molecule has 0 aliphatic carbocycles. The van der Waals surface area contributed by atoms with E-state index in [1.807, 2.05) is 36.9 Å². The molecule has 1 aromatic heterocycles. The van der Waals surface area contributed by atoms with Crippen molar-refractivity contribution in [2.24, 2.45) is 7.05 Å². The van der Waals surface area contributed by atoms with Gasteiger partial charge in [-0.3, -0.25) is 10.5 Å². The highest BCUT2D eigenvalue weighted by Gasteiger charge is 2.20. The second kappa shape index (κ2) is 7.66.